The lowest BCUT2D eigenvalue weighted by Gasteiger charge is -2.34. The zero-order valence-electron chi connectivity index (χ0n) is 16.5. The van der Waals surface area contributed by atoms with E-state index in [2.05, 4.69) is 21.2 Å². The summed E-state index contributed by atoms with van der Waals surface area (Å²) in [4.78, 5) is 18.0. The molecule has 160 valence electrons. The molecule has 0 bridgehead atoms. The lowest BCUT2D eigenvalue weighted by atomic mass is 10.1. The van der Waals surface area contributed by atoms with Gasteiger partial charge in [0.25, 0.3) is 5.91 Å². The van der Waals surface area contributed by atoms with Crippen LogP contribution in [0.25, 0.3) is 5.70 Å². The van der Waals surface area contributed by atoms with Crippen molar-refractivity contribution in [3.05, 3.63) is 97.9 Å². The van der Waals surface area contributed by atoms with Crippen molar-refractivity contribution < 1.29 is 9.90 Å². The van der Waals surface area contributed by atoms with Gasteiger partial charge >= 0.3 is 0 Å². The topological polar surface area (TPSA) is 77.3 Å². The number of hydrogen-bond donors (Lipinski definition) is 2. The van der Waals surface area contributed by atoms with Crippen LogP contribution < -0.4 is 15.9 Å². The average molecular weight is 528 g/mol. The third-order valence-corrected chi connectivity index (χ3v) is 7.02. The molecular formula is C23H16BrClN4O2S. The van der Waals surface area contributed by atoms with Crippen LogP contribution in [-0.4, -0.2) is 21.2 Å². The number of fused-ring (bicyclic) bond motifs is 2. The number of thioether (sulfide) groups is 1. The zero-order valence-corrected chi connectivity index (χ0v) is 19.7. The summed E-state index contributed by atoms with van der Waals surface area (Å²) in [6.07, 6.45) is -0.557. The number of phenolic OH excluding ortho intramolecular Hbond substituents is 1. The first-order valence-corrected chi connectivity index (χ1v) is 11.9. The second-order valence-electron chi connectivity index (χ2n) is 7.16. The number of amides is 1. The van der Waals surface area contributed by atoms with E-state index < -0.39 is 6.17 Å². The Hall–Kier alpha value is -2.81. The molecule has 0 fully saturated rings. The molecule has 9 heteroatoms. The Kier molecular flexibility index (Phi) is 5.67. The molecule has 0 aromatic heterocycles. The van der Waals surface area contributed by atoms with Crippen LogP contribution in [-0.2, 0) is 10.5 Å². The molecule has 6 nitrogen and oxygen atoms in total. The molecule has 2 N–H and O–H groups in total. The highest BCUT2D eigenvalue weighted by molar-refractivity contribution is 9.10. The Morgan fingerprint density at radius 1 is 1.12 bits per heavy atom. The Labute approximate surface area is 201 Å². The van der Waals surface area contributed by atoms with Crippen LogP contribution in [0.1, 0.15) is 17.3 Å². The number of para-hydroxylation sites is 1. The fourth-order valence-corrected chi connectivity index (χ4v) is 5.09. The van der Waals surface area contributed by atoms with Gasteiger partial charge in [-0.3, -0.25) is 15.1 Å². The van der Waals surface area contributed by atoms with E-state index in [-0.39, 0.29) is 11.7 Å². The Morgan fingerprint density at radius 2 is 1.91 bits per heavy atom. The van der Waals surface area contributed by atoms with Crippen LogP contribution in [0.5, 0.6) is 5.75 Å². The van der Waals surface area contributed by atoms with Crippen molar-refractivity contribution in [2.75, 3.05) is 0 Å². The third-order valence-electron chi connectivity index (χ3n) is 5.11. The van der Waals surface area contributed by atoms with Crippen LogP contribution in [0.3, 0.4) is 0 Å². The SMILES string of the molecule is O=C1NC(SCc2ccccc2Cl)=NN2C1=c1ccccc1=NC2c1ccc(O)c(Br)c1. The van der Waals surface area contributed by atoms with Crippen molar-refractivity contribution >= 4 is 56.1 Å². The number of aromatic hydroxyl groups is 1. The molecule has 2 aliphatic heterocycles. The second-order valence-corrected chi connectivity index (χ2v) is 9.39. The third kappa shape index (κ3) is 3.90. The molecule has 0 saturated carbocycles. The summed E-state index contributed by atoms with van der Waals surface area (Å²) < 4.78 is 0.546. The number of amidine groups is 1. The number of hydrogen-bond acceptors (Lipinski definition) is 6. The molecule has 3 aromatic carbocycles. The van der Waals surface area contributed by atoms with Gasteiger partial charge in [0.2, 0.25) is 0 Å². The summed E-state index contributed by atoms with van der Waals surface area (Å²) in [7, 11) is 0. The number of nitrogens with one attached hydrogen (secondary N) is 1. The molecular weight excluding hydrogens is 512 g/mol. The molecule has 0 radical (unpaired) electrons. The van der Waals surface area contributed by atoms with Gasteiger partial charge in [-0.25, -0.2) is 5.01 Å². The normalized spacial score (nSPS) is 17.1. The molecule has 32 heavy (non-hydrogen) atoms. The average Bonchev–Trinajstić information content (AvgIpc) is 2.79. The quantitative estimate of drug-likeness (QED) is 0.542. The first-order valence-electron chi connectivity index (χ1n) is 9.72. The Bertz CT molecular complexity index is 1390. The van der Waals surface area contributed by atoms with Crippen LogP contribution in [0.2, 0.25) is 5.02 Å². The van der Waals surface area contributed by atoms with E-state index in [1.54, 1.807) is 23.2 Å². The lowest BCUT2D eigenvalue weighted by molar-refractivity contribution is -0.116. The van der Waals surface area contributed by atoms with Gasteiger partial charge in [-0.2, -0.15) is 0 Å². The molecule has 3 aromatic rings. The fraction of sp³-hybridized carbons (Fsp3) is 0.0870. The maximum absolute atomic E-state index is 13.2. The largest absolute Gasteiger partial charge is 0.507 e. The minimum Gasteiger partial charge on any atom is -0.507 e. The van der Waals surface area contributed by atoms with Crippen molar-refractivity contribution in [3.8, 4) is 5.75 Å². The van der Waals surface area contributed by atoms with Crippen molar-refractivity contribution in [1.29, 1.82) is 0 Å². The molecule has 1 amide bonds. The number of halogens is 2. The summed E-state index contributed by atoms with van der Waals surface area (Å²) in [5.74, 6) is 0.447. The maximum Gasteiger partial charge on any atom is 0.276 e. The summed E-state index contributed by atoms with van der Waals surface area (Å²) in [5.41, 5.74) is 2.18. The predicted octanol–water partition coefficient (Wildman–Crippen LogP) is 3.88. The molecule has 1 atom stereocenters. The molecule has 0 aliphatic carbocycles. The van der Waals surface area contributed by atoms with E-state index in [0.717, 1.165) is 16.3 Å². The van der Waals surface area contributed by atoms with Gasteiger partial charge in [-0.05, 0) is 51.3 Å². The fourth-order valence-electron chi connectivity index (χ4n) is 3.55. The van der Waals surface area contributed by atoms with E-state index in [9.17, 15) is 9.90 Å². The number of rotatable bonds is 3. The molecule has 0 saturated heterocycles. The Balaban J connectivity index is 1.58. The molecule has 5 rings (SSSR count). The van der Waals surface area contributed by atoms with Gasteiger partial charge in [0.05, 0.1) is 9.83 Å². The number of nitrogens with zero attached hydrogens (tertiary/aromatic N) is 3. The number of carbonyl (C=O) groups excluding carboxylic acids is 1. The minimum atomic E-state index is -0.557. The van der Waals surface area contributed by atoms with Gasteiger partial charge in [0.15, 0.2) is 11.3 Å². The number of hydrazone groups is 1. The number of carbonyl (C=O) groups is 1. The predicted molar refractivity (Wildman–Crippen MR) is 129 cm³/mol. The first-order chi connectivity index (χ1) is 15.5. The number of benzene rings is 3. The van der Waals surface area contributed by atoms with E-state index >= 15 is 0 Å². The Morgan fingerprint density at radius 3 is 2.72 bits per heavy atom. The van der Waals surface area contributed by atoms with Crippen molar-refractivity contribution in [2.45, 2.75) is 11.9 Å². The summed E-state index contributed by atoms with van der Waals surface area (Å²) >= 11 is 11.0. The molecule has 1 unspecified atom stereocenters. The molecule has 2 aliphatic rings. The monoisotopic (exact) mass is 526 g/mol. The van der Waals surface area contributed by atoms with Gasteiger partial charge in [0.1, 0.15) is 11.4 Å². The molecule has 2 heterocycles. The standard InChI is InChI=1S/C23H16BrClN4O2S/c24-16-11-13(9-10-19(16)30)21-26-18-8-4-2-6-15(18)20-22(31)27-23(28-29(20)21)32-12-14-5-1-3-7-17(14)25/h1-11,21,30H,12H2,(H,27,28,31). The van der Waals surface area contributed by atoms with Gasteiger partial charge < -0.3 is 5.11 Å². The van der Waals surface area contributed by atoms with E-state index in [4.69, 9.17) is 21.7 Å². The van der Waals surface area contributed by atoms with Gasteiger partial charge in [-0.1, -0.05) is 65.8 Å². The summed E-state index contributed by atoms with van der Waals surface area (Å²) in [6.45, 7) is 0. The first kappa shape index (κ1) is 21.1. The minimum absolute atomic E-state index is 0.130. The van der Waals surface area contributed by atoms with Crippen molar-refractivity contribution in [1.82, 2.24) is 10.3 Å². The molecule has 0 spiro atoms. The highest BCUT2D eigenvalue weighted by Gasteiger charge is 2.34. The lowest BCUT2D eigenvalue weighted by Crippen LogP contribution is -2.50. The summed E-state index contributed by atoms with van der Waals surface area (Å²) in [6, 6.07) is 20.2. The van der Waals surface area contributed by atoms with Crippen molar-refractivity contribution in [3.63, 3.8) is 0 Å². The van der Waals surface area contributed by atoms with E-state index in [0.29, 0.717) is 31.5 Å². The van der Waals surface area contributed by atoms with Crippen LogP contribution >= 0.6 is 39.3 Å². The van der Waals surface area contributed by atoms with E-state index in [1.165, 1.54) is 11.8 Å². The second kappa shape index (κ2) is 8.61. The highest BCUT2D eigenvalue weighted by Crippen LogP contribution is 2.34. The van der Waals surface area contributed by atoms with Gasteiger partial charge in [-0.15, -0.1) is 5.10 Å². The zero-order chi connectivity index (χ0) is 22.2. The number of phenols is 1. The van der Waals surface area contributed by atoms with Crippen LogP contribution in [0.15, 0.2) is 81.3 Å². The van der Waals surface area contributed by atoms with Crippen LogP contribution in [0, 0.1) is 0 Å². The maximum atomic E-state index is 13.2. The van der Waals surface area contributed by atoms with E-state index in [1.807, 2.05) is 48.5 Å². The summed E-state index contributed by atoms with van der Waals surface area (Å²) in [5, 5.41) is 21.8. The van der Waals surface area contributed by atoms with Gasteiger partial charge in [0, 0.05) is 16.0 Å². The highest BCUT2D eigenvalue weighted by atomic mass is 79.9. The van der Waals surface area contributed by atoms with Crippen molar-refractivity contribution in [2.24, 2.45) is 10.1 Å². The van der Waals surface area contributed by atoms with Crippen LogP contribution in [0.4, 0.5) is 0 Å². The smallest absolute Gasteiger partial charge is 0.276 e.